The van der Waals surface area contributed by atoms with Gasteiger partial charge in [0.2, 0.25) is 0 Å². The fourth-order valence-electron chi connectivity index (χ4n) is 1.02. The van der Waals surface area contributed by atoms with Gasteiger partial charge in [-0.15, -0.1) is 23.1 Å². The lowest BCUT2D eigenvalue weighted by Gasteiger charge is -1.97. The standard InChI is InChI=1S/C9H12O4S3/c1-16(12,13)4-2-3-14-7-5-8(9(10)11)15-6-7/h5-6H,2-4H2,1H3,(H,10,11). The number of rotatable bonds is 6. The molecule has 1 aromatic heterocycles. The van der Waals surface area contributed by atoms with Gasteiger partial charge in [0.15, 0.2) is 0 Å². The number of carbonyl (C=O) groups is 1. The Labute approximate surface area is 103 Å². The molecule has 90 valence electrons. The molecule has 7 heteroatoms. The van der Waals surface area contributed by atoms with Crippen LogP contribution in [0.4, 0.5) is 0 Å². The Morgan fingerprint density at radius 3 is 2.75 bits per heavy atom. The van der Waals surface area contributed by atoms with Crippen LogP contribution in [-0.2, 0) is 9.84 Å². The van der Waals surface area contributed by atoms with E-state index in [4.69, 9.17) is 5.11 Å². The first-order valence-corrected chi connectivity index (χ1v) is 8.43. The van der Waals surface area contributed by atoms with Gasteiger partial charge in [0.1, 0.15) is 14.7 Å². The van der Waals surface area contributed by atoms with Crippen LogP contribution in [0.25, 0.3) is 0 Å². The molecule has 0 radical (unpaired) electrons. The highest BCUT2D eigenvalue weighted by Crippen LogP contribution is 2.25. The molecule has 0 unspecified atom stereocenters. The quantitative estimate of drug-likeness (QED) is 0.637. The molecular weight excluding hydrogens is 268 g/mol. The first-order valence-electron chi connectivity index (χ1n) is 4.51. The Kier molecular flexibility index (Phi) is 4.82. The number of thiophene rings is 1. The van der Waals surface area contributed by atoms with E-state index < -0.39 is 15.8 Å². The Hall–Kier alpha value is -0.530. The minimum absolute atomic E-state index is 0.177. The summed E-state index contributed by atoms with van der Waals surface area (Å²) in [5.41, 5.74) is 0. The van der Waals surface area contributed by atoms with Crippen LogP contribution in [0, 0.1) is 0 Å². The van der Waals surface area contributed by atoms with E-state index in [0.717, 1.165) is 4.90 Å². The number of sulfone groups is 1. The van der Waals surface area contributed by atoms with Crippen molar-refractivity contribution in [3.8, 4) is 0 Å². The van der Waals surface area contributed by atoms with Crippen molar-refractivity contribution in [1.29, 1.82) is 0 Å². The molecule has 16 heavy (non-hydrogen) atoms. The van der Waals surface area contributed by atoms with Gasteiger partial charge in [-0.05, 0) is 18.2 Å². The van der Waals surface area contributed by atoms with Crippen molar-refractivity contribution in [3.63, 3.8) is 0 Å². The van der Waals surface area contributed by atoms with Crippen molar-refractivity contribution >= 4 is 38.9 Å². The third-order valence-electron chi connectivity index (χ3n) is 1.71. The zero-order valence-corrected chi connectivity index (χ0v) is 11.1. The number of carboxylic acid groups (broad SMARTS) is 1. The lowest BCUT2D eigenvalue weighted by molar-refractivity contribution is 0.0702. The second-order valence-corrected chi connectivity index (χ2v) is 7.62. The highest BCUT2D eigenvalue weighted by atomic mass is 32.2. The molecule has 0 atom stereocenters. The molecule has 0 aliphatic rings. The summed E-state index contributed by atoms with van der Waals surface area (Å²) in [7, 11) is -2.89. The first kappa shape index (κ1) is 13.5. The van der Waals surface area contributed by atoms with E-state index in [1.54, 1.807) is 11.4 Å². The van der Waals surface area contributed by atoms with Crippen LogP contribution in [0.2, 0.25) is 0 Å². The number of hydrogen-bond acceptors (Lipinski definition) is 5. The zero-order chi connectivity index (χ0) is 12.2. The number of hydrogen-bond donors (Lipinski definition) is 1. The number of thioether (sulfide) groups is 1. The molecule has 0 saturated carbocycles. The molecule has 0 aromatic carbocycles. The maximum atomic E-state index is 10.9. The normalized spacial score (nSPS) is 11.6. The van der Waals surface area contributed by atoms with Gasteiger partial charge in [-0.2, -0.15) is 0 Å². The molecule has 0 saturated heterocycles. The Morgan fingerprint density at radius 2 is 2.25 bits per heavy atom. The van der Waals surface area contributed by atoms with Gasteiger partial charge >= 0.3 is 5.97 Å². The van der Waals surface area contributed by atoms with E-state index in [1.165, 1.54) is 29.4 Å². The van der Waals surface area contributed by atoms with Crippen molar-refractivity contribution in [3.05, 3.63) is 16.3 Å². The average Bonchev–Trinajstić information content (AvgIpc) is 2.59. The molecule has 0 fully saturated rings. The highest BCUT2D eigenvalue weighted by Gasteiger charge is 2.07. The molecule has 0 aliphatic heterocycles. The van der Waals surface area contributed by atoms with E-state index in [-0.39, 0.29) is 5.75 Å². The predicted octanol–water partition coefficient (Wildman–Crippen LogP) is 1.97. The van der Waals surface area contributed by atoms with E-state index in [2.05, 4.69) is 0 Å². The summed E-state index contributed by atoms with van der Waals surface area (Å²) in [4.78, 5) is 11.8. The first-order chi connectivity index (χ1) is 7.38. The molecule has 1 N–H and O–H groups in total. The molecule has 1 aromatic rings. The van der Waals surface area contributed by atoms with Crippen LogP contribution in [0.5, 0.6) is 0 Å². The van der Waals surface area contributed by atoms with Gasteiger partial charge in [-0.25, -0.2) is 13.2 Å². The van der Waals surface area contributed by atoms with E-state index in [1.807, 2.05) is 0 Å². The largest absolute Gasteiger partial charge is 0.477 e. The van der Waals surface area contributed by atoms with Crippen LogP contribution in [0.3, 0.4) is 0 Å². The minimum Gasteiger partial charge on any atom is -0.477 e. The predicted molar refractivity (Wildman–Crippen MR) is 66.3 cm³/mol. The van der Waals surface area contributed by atoms with Gasteiger partial charge in [0.05, 0.1) is 5.75 Å². The van der Waals surface area contributed by atoms with Crippen molar-refractivity contribution in [2.45, 2.75) is 11.3 Å². The maximum absolute atomic E-state index is 10.9. The lowest BCUT2D eigenvalue weighted by atomic mass is 10.5. The summed E-state index contributed by atoms with van der Waals surface area (Å²) in [6, 6.07) is 1.61. The zero-order valence-electron chi connectivity index (χ0n) is 8.67. The summed E-state index contributed by atoms with van der Waals surface area (Å²) in [6.07, 6.45) is 1.80. The van der Waals surface area contributed by atoms with E-state index >= 15 is 0 Å². The lowest BCUT2D eigenvalue weighted by Crippen LogP contribution is -2.03. The van der Waals surface area contributed by atoms with Gasteiger partial charge in [0.25, 0.3) is 0 Å². The van der Waals surface area contributed by atoms with Gasteiger partial charge in [-0.3, -0.25) is 0 Å². The summed E-state index contributed by atoms with van der Waals surface area (Å²) in [6.45, 7) is 0. The SMILES string of the molecule is CS(=O)(=O)CCCSc1csc(C(=O)O)c1. The number of carboxylic acids is 1. The Morgan fingerprint density at radius 1 is 1.56 bits per heavy atom. The minimum atomic E-state index is -2.89. The van der Waals surface area contributed by atoms with Crippen LogP contribution in [0.1, 0.15) is 16.1 Å². The monoisotopic (exact) mass is 280 g/mol. The molecule has 4 nitrogen and oxygen atoms in total. The topological polar surface area (TPSA) is 71.4 Å². The molecule has 0 amide bonds. The second-order valence-electron chi connectivity index (χ2n) is 3.28. The Balaban J connectivity index is 2.35. The molecule has 0 bridgehead atoms. The van der Waals surface area contributed by atoms with Gasteiger partial charge in [0, 0.05) is 16.5 Å². The third-order valence-corrected chi connectivity index (χ3v) is 4.87. The van der Waals surface area contributed by atoms with Gasteiger partial charge < -0.3 is 5.11 Å². The molecular formula is C9H12O4S3. The van der Waals surface area contributed by atoms with Crippen LogP contribution < -0.4 is 0 Å². The third kappa shape index (κ3) is 5.00. The van der Waals surface area contributed by atoms with Crippen LogP contribution >= 0.6 is 23.1 Å². The summed E-state index contributed by atoms with van der Waals surface area (Å²) in [5.74, 6) is -0.0633. The summed E-state index contributed by atoms with van der Waals surface area (Å²) < 4.78 is 21.7. The Bertz CT molecular complexity index is 461. The molecule has 1 heterocycles. The summed E-state index contributed by atoms with van der Waals surface area (Å²) in [5, 5.41) is 10.5. The van der Waals surface area contributed by atoms with Crippen molar-refractivity contribution in [2.75, 3.05) is 17.8 Å². The number of aromatic carboxylic acids is 1. The van der Waals surface area contributed by atoms with Crippen LogP contribution in [0.15, 0.2) is 16.3 Å². The molecule has 0 spiro atoms. The van der Waals surface area contributed by atoms with Crippen molar-refractivity contribution in [1.82, 2.24) is 0 Å². The smallest absolute Gasteiger partial charge is 0.345 e. The highest BCUT2D eigenvalue weighted by molar-refractivity contribution is 7.99. The van der Waals surface area contributed by atoms with Crippen LogP contribution in [-0.4, -0.2) is 37.3 Å². The second kappa shape index (κ2) is 5.70. The fraction of sp³-hybridized carbons (Fsp3) is 0.444. The maximum Gasteiger partial charge on any atom is 0.345 e. The van der Waals surface area contributed by atoms with E-state index in [0.29, 0.717) is 17.1 Å². The molecule has 1 rings (SSSR count). The van der Waals surface area contributed by atoms with Crippen molar-refractivity contribution in [2.24, 2.45) is 0 Å². The van der Waals surface area contributed by atoms with E-state index in [9.17, 15) is 13.2 Å². The average molecular weight is 280 g/mol. The fourth-order valence-corrected chi connectivity index (χ4v) is 3.69. The summed E-state index contributed by atoms with van der Waals surface area (Å²) >= 11 is 2.66. The molecule has 0 aliphatic carbocycles. The van der Waals surface area contributed by atoms with Crippen molar-refractivity contribution < 1.29 is 18.3 Å². The van der Waals surface area contributed by atoms with Gasteiger partial charge in [-0.1, -0.05) is 0 Å².